The Kier molecular flexibility index (Phi) is 31.5. The average molecular weight is 756 g/mol. The maximum atomic E-state index is 9.24. The second-order valence-corrected chi connectivity index (χ2v) is 7.88. The van der Waals surface area contributed by atoms with Crippen LogP contribution in [-0.2, 0) is 40.3 Å². The molecule has 0 spiro atoms. The summed E-state index contributed by atoms with van der Waals surface area (Å²) in [5, 5.41) is 0. The molecule has 1 aromatic carbocycles. The minimum atomic E-state index is -3.24. The first-order valence-electron chi connectivity index (χ1n) is 5.70. The number of aryl methyl sites for hydroxylation is 1. The molecular weight excluding hydrogens is 748 g/mol. The molecule has 15 nitrogen and oxygen atoms in total. The number of rotatable bonds is 6. The molecule has 0 saturated heterocycles. The summed E-state index contributed by atoms with van der Waals surface area (Å²) in [7, 11) is -19.4. The summed E-state index contributed by atoms with van der Waals surface area (Å²) >= 11 is 0. The second-order valence-electron chi connectivity index (χ2n) is 3.24. The van der Waals surface area contributed by atoms with Crippen LogP contribution in [0.3, 0.4) is 0 Å². The van der Waals surface area contributed by atoms with Crippen molar-refractivity contribution in [2.75, 3.05) is 0 Å². The molecule has 0 aliphatic carbocycles. The minimum absolute atomic E-state index is 0. The third kappa shape index (κ3) is 47.6. The Bertz CT molecular complexity index is 573. The fourth-order valence-electron chi connectivity index (χ4n) is 0.698. The standard InChI is InChI=1S/C7H8.3O5P2.U/c1-7-5-3-2-4-6-7;3*1-6(2)5-7(3)4;/h2-6H,1H3;;;;. The molecule has 1 rings (SSSR count). The van der Waals surface area contributed by atoms with Gasteiger partial charge in [-0.15, -0.1) is 0 Å². The Hall–Kier alpha value is 0.512. The molecule has 0 aliphatic heterocycles. The van der Waals surface area contributed by atoms with Crippen LogP contribution < -0.4 is 29.4 Å². The zero-order valence-corrected chi connectivity index (χ0v) is 23.2. The van der Waals surface area contributed by atoms with Crippen LogP contribution >= 0.6 is 49.5 Å². The van der Waals surface area contributed by atoms with Crippen LogP contribution in [-0.4, -0.2) is 0 Å². The van der Waals surface area contributed by atoms with Gasteiger partial charge in [0.1, 0.15) is 12.9 Å². The van der Waals surface area contributed by atoms with Gasteiger partial charge in [0.25, 0.3) is 0 Å². The van der Waals surface area contributed by atoms with E-state index in [2.05, 4.69) is 32.0 Å². The van der Waals surface area contributed by atoms with Crippen molar-refractivity contribution >= 4 is 49.5 Å². The van der Waals surface area contributed by atoms with E-state index in [4.69, 9.17) is 0 Å². The van der Waals surface area contributed by atoms with E-state index in [1.807, 2.05) is 18.2 Å². The van der Waals surface area contributed by atoms with Gasteiger partial charge in [-0.05, 0) is 34.3 Å². The van der Waals surface area contributed by atoms with Crippen LogP contribution in [0.15, 0.2) is 30.3 Å². The Balaban J connectivity index is -0.000000142. The predicted octanol–water partition coefficient (Wildman–Crippen LogP) is -0.890. The maximum Gasteiger partial charge on any atom is 0.543 e. The normalized spacial score (nSPS) is 11.8. The summed E-state index contributed by atoms with van der Waals surface area (Å²) in [5.41, 5.74) is 1.32. The summed E-state index contributed by atoms with van der Waals surface area (Å²) in [6.45, 7) is 2.08. The van der Waals surface area contributed by atoms with Gasteiger partial charge >= 0.3 is 49.5 Å². The Morgan fingerprint density at radius 1 is 0.552 bits per heavy atom. The molecular formula is C7H8O15P6U. The van der Waals surface area contributed by atoms with E-state index >= 15 is 0 Å². The summed E-state index contributed by atoms with van der Waals surface area (Å²) in [4.78, 5) is 55.4. The fraction of sp³-hybridized carbons (Fsp3) is 0.143. The molecule has 1 aromatic rings. The van der Waals surface area contributed by atoms with E-state index in [1.165, 1.54) is 5.56 Å². The van der Waals surface area contributed by atoms with E-state index < -0.39 is 49.5 Å². The van der Waals surface area contributed by atoms with Crippen molar-refractivity contribution in [2.24, 2.45) is 0 Å². The summed E-state index contributed by atoms with van der Waals surface area (Å²) < 4.78 is 64.9. The van der Waals surface area contributed by atoms with Crippen LogP contribution in [0.2, 0.25) is 0 Å². The fourth-order valence-corrected chi connectivity index (χ4v) is 2.00. The molecule has 0 fully saturated rings. The largest absolute Gasteiger partial charge is 0.563 e. The van der Waals surface area contributed by atoms with Gasteiger partial charge in [-0.1, -0.05) is 35.9 Å². The Labute approximate surface area is 192 Å². The zero-order valence-electron chi connectivity index (χ0n) is 13.7. The molecule has 0 bridgehead atoms. The molecule has 0 N–H and O–H groups in total. The quantitative estimate of drug-likeness (QED) is 0.319. The first-order valence-corrected chi connectivity index (χ1v) is 12.3. The maximum absolute atomic E-state index is 9.24. The molecule has 22 heteroatoms. The molecule has 0 saturated carbocycles. The second kappa shape index (κ2) is 24.8. The number of benzene rings is 1. The molecule has 29 heavy (non-hydrogen) atoms. The van der Waals surface area contributed by atoms with Crippen molar-refractivity contribution in [3.8, 4) is 0 Å². The van der Waals surface area contributed by atoms with E-state index in [-0.39, 0.29) is 31.1 Å². The van der Waals surface area contributed by atoms with Gasteiger partial charge < -0.3 is 29.4 Å². The summed E-state index contributed by atoms with van der Waals surface area (Å²) in [6, 6.07) is 10.3. The molecule has 0 aromatic heterocycles. The third-order valence-electron chi connectivity index (χ3n) is 1.34. The van der Waals surface area contributed by atoms with Gasteiger partial charge in [0.15, 0.2) is 0 Å². The van der Waals surface area contributed by atoms with E-state index in [1.54, 1.807) is 0 Å². The number of hydrogen-bond donors (Lipinski definition) is 0. The van der Waals surface area contributed by atoms with E-state index in [0.717, 1.165) is 0 Å². The van der Waals surface area contributed by atoms with Gasteiger partial charge in [0, 0.05) is 31.1 Å². The van der Waals surface area contributed by atoms with Crippen LogP contribution in [0.1, 0.15) is 5.56 Å². The van der Waals surface area contributed by atoms with E-state index in [0.29, 0.717) is 0 Å². The Morgan fingerprint density at radius 3 is 0.828 bits per heavy atom. The summed E-state index contributed by atoms with van der Waals surface area (Å²) in [5.74, 6) is 0. The van der Waals surface area contributed by atoms with Crippen molar-refractivity contribution in [3.05, 3.63) is 35.9 Å². The molecule has 6 unspecified atom stereocenters. The van der Waals surface area contributed by atoms with Crippen LogP contribution in [0.4, 0.5) is 0 Å². The molecule has 0 heterocycles. The van der Waals surface area contributed by atoms with Gasteiger partial charge in [-0.25, -0.2) is 0 Å². The first-order chi connectivity index (χ1) is 12.8. The van der Waals surface area contributed by atoms with Gasteiger partial charge in [-0.3, -0.25) is 0 Å². The number of hydrogen-bond acceptors (Lipinski definition) is 15. The van der Waals surface area contributed by atoms with Crippen molar-refractivity contribution in [3.63, 3.8) is 0 Å². The third-order valence-corrected chi connectivity index (χ3v) is 4.54. The smallest absolute Gasteiger partial charge is 0.543 e. The van der Waals surface area contributed by atoms with Crippen LogP contribution in [0, 0.1) is 38.0 Å². The topological polar surface area (TPSA) is 268 Å². The van der Waals surface area contributed by atoms with Crippen LogP contribution in [0.5, 0.6) is 0 Å². The minimum Gasteiger partial charge on any atom is -0.563 e. The Morgan fingerprint density at radius 2 is 0.759 bits per heavy atom. The van der Waals surface area contributed by atoms with Crippen molar-refractivity contribution in [2.45, 2.75) is 6.92 Å². The molecule has 0 aliphatic rings. The van der Waals surface area contributed by atoms with Crippen LogP contribution in [0.25, 0.3) is 0 Å². The molecule has 160 valence electrons. The van der Waals surface area contributed by atoms with E-state index in [9.17, 15) is 56.8 Å². The zero-order chi connectivity index (χ0) is 22.7. The average Bonchev–Trinajstić information content (AvgIpc) is 2.45. The molecule has 0 radical (unpaired) electrons. The van der Waals surface area contributed by atoms with Gasteiger partial charge in [0.2, 0.25) is 0 Å². The van der Waals surface area contributed by atoms with Crippen molar-refractivity contribution in [1.82, 2.24) is 0 Å². The van der Waals surface area contributed by atoms with Crippen molar-refractivity contribution in [1.29, 1.82) is 0 Å². The van der Waals surface area contributed by atoms with Crippen molar-refractivity contribution < 1.29 is 101 Å². The SMILES string of the molecule is Cc1ccccc1.O=[P+]([O-])O[P+](=O)[O-].O=[P+]([O-])O[P+](=O)[O-].O=[P+]([O-])O[P+](=O)[O-].[U]. The van der Waals surface area contributed by atoms with Gasteiger partial charge in [-0.2, -0.15) is 0 Å². The predicted molar refractivity (Wildman–Crippen MR) is 80.1 cm³/mol. The molecule has 0 amide bonds. The monoisotopic (exact) mass is 756 g/mol. The first kappa shape index (κ1) is 36.9. The summed E-state index contributed by atoms with van der Waals surface area (Å²) in [6.07, 6.45) is 0. The molecule has 6 atom stereocenters. The van der Waals surface area contributed by atoms with Gasteiger partial charge in [0.05, 0.1) is 0 Å².